The van der Waals surface area contributed by atoms with E-state index in [1.807, 2.05) is 0 Å². The Labute approximate surface area is 100 Å². The van der Waals surface area contributed by atoms with E-state index in [4.69, 9.17) is 9.47 Å². The van der Waals surface area contributed by atoms with Crippen molar-refractivity contribution in [2.75, 3.05) is 26.9 Å². The lowest BCUT2D eigenvalue weighted by molar-refractivity contribution is 0.0760. The van der Waals surface area contributed by atoms with Crippen molar-refractivity contribution in [1.29, 1.82) is 0 Å². The molecule has 0 saturated carbocycles. The monoisotopic (exact) mass is 247 g/mol. The predicted molar refractivity (Wildman–Crippen MR) is 61.8 cm³/mol. The van der Waals surface area contributed by atoms with Crippen molar-refractivity contribution in [3.05, 3.63) is 29.6 Å². The number of nitrogens with one attached hydrogen (secondary N) is 1. The molecule has 0 radical (unpaired) electrons. The first kappa shape index (κ1) is 13.2. The maximum absolute atomic E-state index is 13.0. The van der Waals surface area contributed by atoms with Crippen LogP contribution in [-0.4, -0.2) is 26.9 Å². The standard InChI is InChI=1S/C11H14FNO2.ClH/c1-14-11-6-8(12)2-3-9(11)10-7-15-5-4-13-10;/h2-3,6,10,13H,4-5,7H2,1H3;1H/t10-;/m1./s1. The van der Waals surface area contributed by atoms with Crippen LogP contribution in [0.15, 0.2) is 18.2 Å². The van der Waals surface area contributed by atoms with Gasteiger partial charge in [-0.2, -0.15) is 0 Å². The lowest BCUT2D eigenvalue weighted by Gasteiger charge is -2.25. The fourth-order valence-corrected chi connectivity index (χ4v) is 1.74. The largest absolute Gasteiger partial charge is 0.496 e. The molecule has 0 amide bonds. The van der Waals surface area contributed by atoms with Gasteiger partial charge < -0.3 is 14.8 Å². The third-order valence-corrected chi connectivity index (χ3v) is 2.49. The van der Waals surface area contributed by atoms with Gasteiger partial charge >= 0.3 is 0 Å². The summed E-state index contributed by atoms with van der Waals surface area (Å²) in [6.07, 6.45) is 0. The summed E-state index contributed by atoms with van der Waals surface area (Å²) in [6.45, 7) is 2.13. The summed E-state index contributed by atoms with van der Waals surface area (Å²) in [5, 5.41) is 3.30. The van der Waals surface area contributed by atoms with E-state index in [0.29, 0.717) is 12.4 Å². The van der Waals surface area contributed by atoms with Crippen LogP contribution in [0, 0.1) is 5.82 Å². The Bertz CT molecular complexity index is 343. The molecule has 2 rings (SSSR count). The van der Waals surface area contributed by atoms with Crippen LogP contribution < -0.4 is 10.1 Å². The average molecular weight is 248 g/mol. The highest BCUT2D eigenvalue weighted by Gasteiger charge is 2.19. The van der Waals surface area contributed by atoms with Gasteiger partial charge in [-0.15, -0.1) is 12.4 Å². The molecule has 0 aromatic heterocycles. The Morgan fingerprint density at radius 2 is 2.31 bits per heavy atom. The van der Waals surface area contributed by atoms with Crippen molar-refractivity contribution in [3.8, 4) is 5.75 Å². The van der Waals surface area contributed by atoms with Crippen molar-refractivity contribution < 1.29 is 13.9 Å². The smallest absolute Gasteiger partial charge is 0.126 e. The quantitative estimate of drug-likeness (QED) is 0.866. The zero-order valence-corrected chi connectivity index (χ0v) is 9.85. The number of methoxy groups -OCH3 is 1. The molecule has 1 fully saturated rings. The van der Waals surface area contributed by atoms with Crippen LogP contribution in [0.25, 0.3) is 0 Å². The van der Waals surface area contributed by atoms with Crippen molar-refractivity contribution in [2.24, 2.45) is 0 Å². The third-order valence-electron chi connectivity index (χ3n) is 2.49. The van der Waals surface area contributed by atoms with Gasteiger partial charge in [0.15, 0.2) is 0 Å². The predicted octanol–water partition coefficient (Wildman–Crippen LogP) is 1.92. The highest BCUT2D eigenvalue weighted by Crippen LogP contribution is 2.27. The molecule has 5 heteroatoms. The lowest BCUT2D eigenvalue weighted by Crippen LogP contribution is -2.34. The average Bonchev–Trinajstić information content (AvgIpc) is 2.30. The minimum absolute atomic E-state index is 0. The van der Waals surface area contributed by atoms with Crippen LogP contribution in [-0.2, 0) is 4.74 Å². The summed E-state index contributed by atoms with van der Waals surface area (Å²) in [7, 11) is 1.54. The highest BCUT2D eigenvalue weighted by atomic mass is 35.5. The van der Waals surface area contributed by atoms with E-state index in [9.17, 15) is 4.39 Å². The van der Waals surface area contributed by atoms with Gasteiger partial charge in [-0.1, -0.05) is 6.07 Å². The summed E-state index contributed by atoms with van der Waals surface area (Å²) < 4.78 is 23.5. The molecule has 0 spiro atoms. The molecule has 1 saturated heterocycles. The fourth-order valence-electron chi connectivity index (χ4n) is 1.74. The summed E-state index contributed by atoms with van der Waals surface area (Å²) >= 11 is 0. The van der Waals surface area contributed by atoms with E-state index < -0.39 is 0 Å². The number of hydrogen-bond acceptors (Lipinski definition) is 3. The maximum Gasteiger partial charge on any atom is 0.126 e. The molecule has 90 valence electrons. The molecule has 1 heterocycles. The summed E-state index contributed by atoms with van der Waals surface area (Å²) in [4.78, 5) is 0. The minimum Gasteiger partial charge on any atom is -0.496 e. The third kappa shape index (κ3) is 2.84. The Morgan fingerprint density at radius 3 is 2.94 bits per heavy atom. The fraction of sp³-hybridized carbons (Fsp3) is 0.455. The molecule has 3 nitrogen and oxygen atoms in total. The van der Waals surface area contributed by atoms with Gasteiger partial charge in [0, 0.05) is 18.2 Å². The van der Waals surface area contributed by atoms with Crippen molar-refractivity contribution in [1.82, 2.24) is 5.32 Å². The van der Waals surface area contributed by atoms with Crippen molar-refractivity contribution in [2.45, 2.75) is 6.04 Å². The van der Waals surface area contributed by atoms with Crippen LogP contribution in [0.5, 0.6) is 5.75 Å². The number of ether oxygens (including phenoxy) is 2. The molecular weight excluding hydrogens is 233 g/mol. The number of rotatable bonds is 2. The molecule has 0 aliphatic carbocycles. The lowest BCUT2D eigenvalue weighted by atomic mass is 10.1. The maximum atomic E-state index is 13.0. The number of halogens is 2. The summed E-state index contributed by atoms with van der Waals surface area (Å²) in [6, 6.07) is 4.66. The molecule has 1 atom stereocenters. The molecule has 1 aliphatic heterocycles. The van der Waals surface area contributed by atoms with E-state index in [-0.39, 0.29) is 24.3 Å². The van der Waals surface area contributed by atoms with Gasteiger partial charge in [0.05, 0.1) is 26.4 Å². The Morgan fingerprint density at radius 1 is 1.50 bits per heavy atom. The van der Waals surface area contributed by atoms with Crippen LogP contribution in [0.2, 0.25) is 0 Å². The number of morpholine rings is 1. The number of hydrogen-bond donors (Lipinski definition) is 1. The normalized spacial score (nSPS) is 20.0. The van der Waals surface area contributed by atoms with Gasteiger partial charge in [-0.25, -0.2) is 4.39 Å². The Balaban J connectivity index is 0.00000128. The second kappa shape index (κ2) is 6.03. The zero-order chi connectivity index (χ0) is 10.7. The van der Waals surface area contributed by atoms with Crippen LogP contribution in [0.1, 0.15) is 11.6 Å². The molecule has 1 aliphatic rings. The first-order valence-electron chi connectivity index (χ1n) is 4.96. The first-order valence-corrected chi connectivity index (χ1v) is 4.96. The van der Waals surface area contributed by atoms with E-state index in [0.717, 1.165) is 18.7 Å². The first-order chi connectivity index (χ1) is 7.31. The highest BCUT2D eigenvalue weighted by molar-refractivity contribution is 5.85. The van der Waals surface area contributed by atoms with Gasteiger partial charge in [-0.05, 0) is 6.07 Å². The van der Waals surface area contributed by atoms with E-state index in [1.54, 1.807) is 13.2 Å². The van der Waals surface area contributed by atoms with E-state index in [1.165, 1.54) is 12.1 Å². The van der Waals surface area contributed by atoms with Gasteiger partial charge in [0.2, 0.25) is 0 Å². The Hall–Kier alpha value is -0.840. The van der Waals surface area contributed by atoms with Crippen molar-refractivity contribution >= 4 is 12.4 Å². The minimum atomic E-state index is -0.285. The molecule has 1 aromatic carbocycles. The van der Waals surface area contributed by atoms with Crippen LogP contribution in [0.3, 0.4) is 0 Å². The molecule has 0 bridgehead atoms. The van der Waals surface area contributed by atoms with Crippen molar-refractivity contribution in [3.63, 3.8) is 0 Å². The molecule has 16 heavy (non-hydrogen) atoms. The second-order valence-corrected chi connectivity index (χ2v) is 3.47. The number of benzene rings is 1. The van der Waals surface area contributed by atoms with Gasteiger partial charge in [0.1, 0.15) is 11.6 Å². The molecule has 1 N–H and O–H groups in total. The zero-order valence-electron chi connectivity index (χ0n) is 9.03. The summed E-state index contributed by atoms with van der Waals surface area (Å²) in [5.74, 6) is 0.283. The SMILES string of the molecule is COc1cc(F)ccc1[C@H]1COCCN1.Cl. The van der Waals surface area contributed by atoms with Gasteiger partial charge in [-0.3, -0.25) is 0 Å². The van der Waals surface area contributed by atoms with Crippen LogP contribution >= 0.6 is 12.4 Å². The topological polar surface area (TPSA) is 30.5 Å². The van der Waals surface area contributed by atoms with Gasteiger partial charge in [0.25, 0.3) is 0 Å². The Kier molecular flexibility index (Phi) is 4.99. The van der Waals surface area contributed by atoms with E-state index >= 15 is 0 Å². The van der Waals surface area contributed by atoms with Crippen LogP contribution in [0.4, 0.5) is 4.39 Å². The molecular formula is C11H15ClFNO2. The molecule has 1 aromatic rings. The second-order valence-electron chi connectivity index (χ2n) is 3.47. The molecule has 0 unspecified atom stereocenters. The summed E-state index contributed by atoms with van der Waals surface area (Å²) in [5.41, 5.74) is 0.943. The van der Waals surface area contributed by atoms with E-state index in [2.05, 4.69) is 5.32 Å².